The lowest BCUT2D eigenvalue weighted by Gasteiger charge is -2.19. The Morgan fingerprint density at radius 2 is 1.90 bits per heavy atom. The van der Waals surface area contributed by atoms with Gasteiger partial charge in [0.2, 0.25) is 0 Å². The Bertz CT molecular complexity index is 613. The van der Waals surface area contributed by atoms with E-state index in [1.54, 1.807) is 19.2 Å². The highest BCUT2D eigenvalue weighted by molar-refractivity contribution is 6.30. The van der Waals surface area contributed by atoms with Gasteiger partial charge >= 0.3 is 0 Å². The Morgan fingerprint density at radius 1 is 1.15 bits per heavy atom. The van der Waals surface area contributed by atoms with Crippen LogP contribution in [0.1, 0.15) is 22.7 Å². The van der Waals surface area contributed by atoms with Gasteiger partial charge in [0.1, 0.15) is 11.6 Å². The van der Waals surface area contributed by atoms with E-state index < -0.39 is 5.82 Å². The number of nitrogens with one attached hydrogen (secondary N) is 1. The monoisotopic (exact) mass is 295 g/mol. The van der Waals surface area contributed by atoms with E-state index in [0.717, 1.165) is 16.7 Å². The van der Waals surface area contributed by atoms with E-state index in [2.05, 4.69) is 5.32 Å². The molecule has 20 heavy (non-hydrogen) atoms. The van der Waals surface area contributed by atoms with E-state index in [-0.39, 0.29) is 16.9 Å². The highest BCUT2D eigenvalue weighted by Gasteiger charge is 2.14. The number of benzene rings is 2. The predicted octanol–water partition coefficient (Wildman–Crippen LogP) is 4.43. The summed E-state index contributed by atoms with van der Waals surface area (Å²) in [5.41, 5.74) is 2.69. The lowest BCUT2D eigenvalue weighted by atomic mass is 9.95. The van der Waals surface area contributed by atoms with Crippen LogP contribution in [-0.4, -0.2) is 7.05 Å². The van der Waals surface area contributed by atoms with Gasteiger partial charge in [-0.3, -0.25) is 0 Å². The van der Waals surface area contributed by atoms with Crippen molar-refractivity contribution in [2.24, 2.45) is 0 Å². The van der Waals surface area contributed by atoms with Gasteiger partial charge in [0.25, 0.3) is 0 Å². The molecule has 1 atom stereocenters. The Morgan fingerprint density at radius 3 is 2.55 bits per heavy atom. The van der Waals surface area contributed by atoms with Crippen LogP contribution in [0.15, 0.2) is 36.4 Å². The second kappa shape index (κ2) is 6.33. The van der Waals surface area contributed by atoms with Gasteiger partial charge in [-0.1, -0.05) is 23.7 Å². The Hall–Kier alpha value is -1.45. The molecule has 0 heterocycles. The molecular weight excluding hydrogens is 280 g/mol. The molecule has 0 fully saturated rings. The van der Waals surface area contributed by atoms with Crippen molar-refractivity contribution in [3.8, 4) is 0 Å². The summed E-state index contributed by atoms with van der Waals surface area (Å²) in [4.78, 5) is 0. The molecular formula is C16H16ClF2N. The van der Waals surface area contributed by atoms with Gasteiger partial charge in [-0.05, 0) is 61.3 Å². The van der Waals surface area contributed by atoms with Gasteiger partial charge in [0.15, 0.2) is 0 Å². The molecule has 2 aromatic carbocycles. The maximum atomic E-state index is 13.5. The average molecular weight is 296 g/mol. The largest absolute Gasteiger partial charge is 0.313 e. The van der Waals surface area contributed by atoms with E-state index in [9.17, 15) is 8.78 Å². The van der Waals surface area contributed by atoms with Crippen LogP contribution in [0.25, 0.3) is 0 Å². The van der Waals surface area contributed by atoms with Crippen LogP contribution < -0.4 is 5.32 Å². The van der Waals surface area contributed by atoms with Crippen molar-refractivity contribution < 1.29 is 8.78 Å². The van der Waals surface area contributed by atoms with Crippen LogP contribution in [0.3, 0.4) is 0 Å². The third-order valence-electron chi connectivity index (χ3n) is 3.39. The zero-order valence-corrected chi connectivity index (χ0v) is 12.1. The molecule has 1 nitrogen and oxygen atoms in total. The zero-order valence-electron chi connectivity index (χ0n) is 11.4. The second-order valence-electron chi connectivity index (χ2n) is 4.79. The zero-order chi connectivity index (χ0) is 14.7. The van der Waals surface area contributed by atoms with Crippen LogP contribution in [0, 0.1) is 18.6 Å². The van der Waals surface area contributed by atoms with Gasteiger partial charge < -0.3 is 5.32 Å². The third-order valence-corrected chi connectivity index (χ3v) is 3.70. The number of hydrogen-bond acceptors (Lipinski definition) is 1. The second-order valence-corrected chi connectivity index (χ2v) is 5.20. The molecule has 0 saturated carbocycles. The van der Waals surface area contributed by atoms with Crippen LogP contribution >= 0.6 is 11.6 Å². The highest BCUT2D eigenvalue weighted by atomic mass is 35.5. The quantitative estimate of drug-likeness (QED) is 0.880. The fourth-order valence-electron chi connectivity index (χ4n) is 2.26. The first-order chi connectivity index (χ1) is 9.51. The first kappa shape index (κ1) is 14.9. The first-order valence-electron chi connectivity index (χ1n) is 6.38. The molecule has 0 amide bonds. The summed E-state index contributed by atoms with van der Waals surface area (Å²) in [5.74, 6) is -0.705. The van der Waals surface area contributed by atoms with Crippen molar-refractivity contribution >= 4 is 11.6 Å². The fourth-order valence-corrected chi connectivity index (χ4v) is 2.37. The highest BCUT2D eigenvalue weighted by Crippen LogP contribution is 2.24. The molecule has 0 radical (unpaired) electrons. The summed E-state index contributed by atoms with van der Waals surface area (Å²) in [6, 6.07) is 9.36. The normalized spacial score (nSPS) is 12.4. The molecule has 106 valence electrons. The maximum Gasteiger partial charge on any atom is 0.142 e. The molecule has 0 aliphatic carbocycles. The Kier molecular flexibility index (Phi) is 4.73. The number of aryl methyl sites for hydroxylation is 1. The van der Waals surface area contributed by atoms with Gasteiger partial charge in [0.05, 0.1) is 5.02 Å². The van der Waals surface area contributed by atoms with Crippen LogP contribution in [0.4, 0.5) is 8.78 Å². The summed E-state index contributed by atoms with van der Waals surface area (Å²) < 4.78 is 26.9. The molecule has 0 bridgehead atoms. The van der Waals surface area contributed by atoms with Gasteiger partial charge in [0, 0.05) is 6.04 Å². The van der Waals surface area contributed by atoms with E-state index in [0.29, 0.717) is 6.42 Å². The van der Waals surface area contributed by atoms with Gasteiger partial charge in [-0.15, -0.1) is 0 Å². The van der Waals surface area contributed by atoms with E-state index in [1.165, 1.54) is 24.3 Å². The maximum absolute atomic E-state index is 13.5. The minimum atomic E-state index is -0.435. The smallest absolute Gasteiger partial charge is 0.142 e. The summed E-state index contributed by atoms with van der Waals surface area (Å²) in [6.07, 6.45) is 0.564. The Balaban J connectivity index is 2.28. The number of halogens is 3. The molecule has 0 aliphatic rings. The summed E-state index contributed by atoms with van der Waals surface area (Å²) >= 11 is 5.67. The predicted molar refractivity (Wildman–Crippen MR) is 78.1 cm³/mol. The molecule has 1 unspecified atom stereocenters. The van der Waals surface area contributed by atoms with Crippen molar-refractivity contribution in [1.29, 1.82) is 0 Å². The van der Waals surface area contributed by atoms with Crippen molar-refractivity contribution in [2.75, 3.05) is 7.05 Å². The average Bonchev–Trinajstić information content (AvgIpc) is 2.43. The molecule has 0 aliphatic heterocycles. The Labute approximate surface area is 122 Å². The topological polar surface area (TPSA) is 12.0 Å². The van der Waals surface area contributed by atoms with Crippen molar-refractivity contribution in [3.05, 3.63) is 69.7 Å². The van der Waals surface area contributed by atoms with Crippen molar-refractivity contribution in [1.82, 2.24) is 5.32 Å². The van der Waals surface area contributed by atoms with E-state index >= 15 is 0 Å². The molecule has 2 rings (SSSR count). The number of rotatable bonds is 4. The molecule has 4 heteroatoms. The van der Waals surface area contributed by atoms with Crippen molar-refractivity contribution in [2.45, 2.75) is 19.4 Å². The molecule has 1 N–H and O–H groups in total. The van der Waals surface area contributed by atoms with E-state index in [1.807, 2.05) is 6.92 Å². The number of hydrogen-bond donors (Lipinski definition) is 1. The van der Waals surface area contributed by atoms with Crippen molar-refractivity contribution in [3.63, 3.8) is 0 Å². The molecule has 0 saturated heterocycles. The molecule has 2 aromatic rings. The fraction of sp³-hybridized carbons (Fsp3) is 0.250. The van der Waals surface area contributed by atoms with Crippen LogP contribution in [-0.2, 0) is 6.42 Å². The summed E-state index contributed by atoms with van der Waals surface area (Å²) in [6.45, 7) is 1.93. The lowest BCUT2D eigenvalue weighted by molar-refractivity contribution is 0.570. The van der Waals surface area contributed by atoms with E-state index in [4.69, 9.17) is 11.6 Å². The van der Waals surface area contributed by atoms with Gasteiger partial charge in [-0.25, -0.2) is 8.78 Å². The first-order valence-corrected chi connectivity index (χ1v) is 6.76. The SMILES string of the molecule is CNC(Cc1ccc(Cl)c(F)c1)c1cc(F)ccc1C. The summed E-state index contributed by atoms with van der Waals surface area (Å²) in [7, 11) is 1.81. The lowest BCUT2D eigenvalue weighted by Crippen LogP contribution is -2.20. The minimum Gasteiger partial charge on any atom is -0.313 e. The van der Waals surface area contributed by atoms with Gasteiger partial charge in [-0.2, -0.15) is 0 Å². The van der Waals surface area contributed by atoms with Crippen LogP contribution in [0.2, 0.25) is 5.02 Å². The van der Waals surface area contributed by atoms with Crippen LogP contribution in [0.5, 0.6) is 0 Å². The molecule has 0 aromatic heterocycles. The molecule has 0 spiro atoms. The number of likely N-dealkylation sites (N-methyl/N-ethyl adjacent to an activating group) is 1. The minimum absolute atomic E-state index is 0.0775. The standard InChI is InChI=1S/C16H16ClF2N/c1-10-3-5-12(18)9-13(10)16(20-2)8-11-4-6-14(17)15(19)7-11/h3-7,9,16,20H,8H2,1-2H3. The summed E-state index contributed by atoms with van der Waals surface area (Å²) in [5, 5.41) is 3.25. The third kappa shape index (κ3) is 3.35.